The average Bonchev–Trinajstić information content (AvgIpc) is 2.65. The molecule has 3 rings (SSSR count). The second-order valence-electron chi connectivity index (χ2n) is 7.20. The van der Waals surface area contributed by atoms with Crippen molar-refractivity contribution in [3.8, 4) is 5.75 Å². The Balaban J connectivity index is 1.91. The number of hydrogen-bond donors (Lipinski definition) is 1. The van der Waals surface area contributed by atoms with Gasteiger partial charge in [0.05, 0.1) is 10.3 Å². The molecule has 7 nitrogen and oxygen atoms in total. The van der Waals surface area contributed by atoms with E-state index in [0.717, 1.165) is 11.1 Å². The van der Waals surface area contributed by atoms with E-state index in [-0.39, 0.29) is 17.1 Å². The minimum absolute atomic E-state index is 0.0676. The van der Waals surface area contributed by atoms with E-state index in [1.165, 1.54) is 18.2 Å². The highest BCUT2D eigenvalue weighted by Gasteiger charge is 2.27. The largest absolute Gasteiger partial charge is 0.425 e. The van der Waals surface area contributed by atoms with Crippen LogP contribution >= 0.6 is 0 Å². The van der Waals surface area contributed by atoms with E-state index in [1.807, 2.05) is 6.92 Å². The maximum atomic E-state index is 12.8. The van der Waals surface area contributed by atoms with Crippen LogP contribution in [0.3, 0.4) is 0 Å². The SMILES string of the molecule is CC[C@H](NS(=O)(=O)c1ccc(C)cc1)C(=O)Oc1cc(C)cc2oc(=O)cc(C)c12. The van der Waals surface area contributed by atoms with Crippen molar-refractivity contribution in [1.82, 2.24) is 4.72 Å². The molecule has 0 spiro atoms. The molecule has 0 unspecified atom stereocenters. The van der Waals surface area contributed by atoms with Gasteiger partial charge in [-0.25, -0.2) is 18.0 Å². The molecule has 1 N–H and O–H groups in total. The Labute approximate surface area is 174 Å². The first-order valence-corrected chi connectivity index (χ1v) is 10.9. The Morgan fingerprint density at radius 2 is 1.73 bits per heavy atom. The third kappa shape index (κ3) is 4.60. The third-order valence-electron chi connectivity index (χ3n) is 4.68. The number of benzene rings is 2. The molecule has 0 amide bonds. The Kier molecular flexibility index (Phi) is 6.09. The number of esters is 1. The van der Waals surface area contributed by atoms with E-state index < -0.39 is 27.7 Å². The molecular weight excluding hydrogens is 406 g/mol. The van der Waals surface area contributed by atoms with Gasteiger partial charge in [-0.3, -0.25) is 0 Å². The number of fused-ring (bicyclic) bond motifs is 1. The number of nitrogens with one attached hydrogen (secondary N) is 1. The van der Waals surface area contributed by atoms with Crippen LogP contribution < -0.4 is 15.1 Å². The first-order chi connectivity index (χ1) is 14.1. The van der Waals surface area contributed by atoms with Crippen LogP contribution in [0.5, 0.6) is 5.75 Å². The van der Waals surface area contributed by atoms with E-state index in [0.29, 0.717) is 16.5 Å². The predicted octanol–water partition coefficient (Wildman–Crippen LogP) is 3.38. The topological polar surface area (TPSA) is 103 Å². The van der Waals surface area contributed by atoms with E-state index in [2.05, 4.69) is 4.72 Å². The lowest BCUT2D eigenvalue weighted by atomic mass is 10.1. The predicted molar refractivity (Wildman–Crippen MR) is 113 cm³/mol. The molecule has 3 aromatic rings. The van der Waals surface area contributed by atoms with E-state index in [4.69, 9.17) is 9.15 Å². The molecule has 0 fully saturated rings. The van der Waals surface area contributed by atoms with Crippen molar-refractivity contribution in [2.75, 3.05) is 0 Å². The van der Waals surface area contributed by atoms with Crippen molar-refractivity contribution in [3.05, 3.63) is 69.6 Å². The van der Waals surface area contributed by atoms with Crippen LogP contribution in [-0.4, -0.2) is 20.4 Å². The molecule has 0 aliphatic heterocycles. The summed E-state index contributed by atoms with van der Waals surface area (Å²) in [6.45, 7) is 7.02. The summed E-state index contributed by atoms with van der Waals surface area (Å²) in [5.41, 5.74) is 2.05. The van der Waals surface area contributed by atoms with E-state index in [9.17, 15) is 18.0 Å². The number of rotatable bonds is 6. The molecule has 0 saturated carbocycles. The number of hydrogen-bond acceptors (Lipinski definition) is 6. The molecule has 0 aliphatic rings. The van der Waals surface area contributed by atoms with Gasteiger partial charge in [0, 0.05) is 6.07 Å². The molecule has 2 aromatic carbocycles. The van der Waals surface area contributed by atoms with Gasteiger partial charge in [-0.1, -0.05) is 24.6 Å². The standard InChI is InChI=1S/C22H23NO6S/c1-5-17(23-30(26,27)16-8-6-13(2)7-9-16)22(25)29-19-11-14(3)10-18-21(19)15(4)12-20(24)28-18/h6-12,17,23H,5H2,1-4H3/t17-/m0/s1. The lowest BCUT2D eigenvalue weighted by molar-refractivity contribution is -0.136. The molecule has 0 saturated heterocycles. The molecular formula is C22H23NO6S. The summed E-state index contributed by atoms with van der Waals surface area (Å²) in [4.78, 5) is 24.5. The lowest BCUT2D eigenvalue weighted by Gasteiger charge is -2.17. The van der Waals surface area contributed by atoms with Crippen molar-refractivity contribution in [2.45, 2.75) is 45.1 Å². The minimum Gasteiger partial charge on any atom is -0.425 e. The number of carbonyl (C=O) groups excluding carboxylic acids is 1. The lowest BCUT2D eigenvalue weighted by Crippen LogP contribution is -2.42. The van der Waals surface area contributed by atoms with Gasteiger partial charge in [0.2, 0.25) is 10.0 Å². The van der Waals surface area contributed by atoms with Gasteiger partial charge in [-0.05, 0) is 62.6 Å². The highest BCUT2D eigenvalue weighted by molar-refractivity contribution is 7.89. The van der Waals surface area contributed by atoms with Gasteiger partial charge in [-0.2, -0.15) is 4.72 Å². The zero-order valence-electron chi connectivity index (χ0n) is 17.2. The second kappa shape index (κ2) is 8.41. The first kappa shape index (κ1) is 21.7. The third-order valence-corrected chi connectivity index (χ3v) is 6.17. The highest BCUT2D eigenvalue weighted by atomic mass is 32.2. The van der Waals surface area contributed by atoms with E-state index >= 15 is 0 Å². The van der Waals surface area contributed by atoms with Crippen LogP contribution in [0.4, 0.5) is 0 Å². The summed E-state index contributed by atoms with van der Waals surface area (Å²) in [6.07, 6.45) is 0.196. The van der Waals surface area contributed by atoms with Crippen molar-refractivity contribution in [3.63, 3.8) is 0 Å². The number of carbonyl (C=O) groups is 1. The monoisotopic (exact) mass is 429 g/mol. The van der Waals surface area contributed by atoms with Gasteiger partial charge >= 0.3 is 11.6 Å². The van der Waals surface area contributed by atoms with Crippen LogP contribution in [0.15, 0.2) is 56.6 Å². The Morgan fingerprint density at radius 3 is 2.37 bits per heavy atom. The number of sulfonamides is 1. The van der Waals surface area contributed by atoms with Gasteiger partial charge in [-0.15, -0.1) is 0 Å². The number of ether oxygens (including phenoxy) is 1. The fraction of sp³-hybridized carbons (Fsp3) is 0.273. The van der Waals surface area contributed by atoms with Gasteiger partial charge < -0.3 is 9.15 Å². The Bertz CT molecular complexity index is 1260. The molecule has 0 radical (unpaired) electrons. The second-order valence-corrected chi connectivity index (χ2v) is 8.91. The molecule has 8 heteroatoms. The summed E-state index contributed by atoms with van der Waals surface area (Å²) in [5, 5.41) is 0.491. The van der Waals surface area contributed by atoms with E-state index in [1.54, 1.807) is 45.0 Å². The summed E-state index contributed by atoms with van der Waals surface area (Å²) in [7, 11) is -3.90. The molecule has 30 heavy (non-hydrogen) atoms. The maximum absolute atomic E-state index is 12.8. The van der Waals surface area contributed by atoms with Crippen LogP contribution in [0.2, 0.25) is 0 Å². The fourth-order valence-electron chi connectivity index (χ4n) is 3.11. The summed E-state index contributed by atoms with van der Waals surface area (Å²) >= 11 is 0. The van der Waals surface area contributed by atoms with Gasteiger partial charge in [0.25, 0.3) is 0 Å². The molecule has 1 heterocycles. The quantitative estimate of drug-likeness (QED) is 0.366. The average molecular weight is 429 g/mol. The van der Waals surface area contributed by atoms with Crippen molar-refractivity contribution >= 4 is 27.0 Å². The van der Waals surface area contributed by atoms with Crippen molar-refractivity contribution in [2.24, 2.45) is 0 Å². The van der Waals surface area contributed by atoms with Gasteiger partial charge in [0.1, 0.15) is 17.4 Å². The highest BCUT2D eigenvalue weighted by Crippen LogP contribution is 2.30. The minimum atomic E-state index is -3.90. The molecule has 0 aliphatic carbocycles. The first-order valence-electron chi connectivity index (χ1n) is 9.46. The zero-order valence-corrected chi connectivity index (χ0v) is 18.0. The fourth-order valence-corrected chi connectivity index (χ4v) is 4.38. The molecule has 1 atom stereocenters. The molecule has 1 aromatic heterocycles. The normalized spacial score (nSPS) is 12.7. The number of aryl methyl sites for hydroxylation is 3. The molecule has 0 bridgehead atoms. The van der Waals surface area contributed by atoms with Crippen molar-refractivity contribution in [1.29, 1.82) is 0 Å². The van der Waals surface area contributed by atoms with Crippen LogP contribution in [-0.2, 0) is 14.8 Å². The molecule has 158 valence electrons. The van der Waals surface area contributed by atoms with Crippen LogP contribution in [0.1, 0.15) is 30.0 Å². The Morgan fingerprint density at radius 1 is 1.07 bits per heavy atom. The summed E-state index contributed by atoms with van der Waals surface area (Å²) in [5.74, 6) is -0.532. The summed E-state index contributed by atoms with van der Waals surface area (Å²) in [6, 6.07) is 9.89. The Hall–Kier alpha value is -2.97. The maximum Gasteiger partial charge on any atom is 0.336 e. The van der Waals surface area contributed by atoms with Gasteiger partial charge in [0.15, 0.2) is 0 Å². The van der Waals surface area contributed by atoms with Crippen LogP contribution in [0, 0.1) is 20.8 Å². The smallest absolute Gasteiger partial charge is 0.336 e. The summed E-state index contributed by atoms with van der Waals surface area (Å²) < 4.78 is 38.5. The van der Waals surface area contributed by atoms with Crippen LogP contribution in [0.25, 0.3) is 11.0 Å². The zero-order chi connectivity index (χ0) is 22.1. The van der Waals surface area contributed by atoms with Crippen molar-refractivity contribution < 1.29 is 22.4 Å².